The van der Waals surface area contributed by atoms with Gasteiger partial charge in [0.15, 0.2) is 0 Å². The third-order valence-electron chi connectivity index (χ3n) is 4.01. The van der Waals surface area contributed by atoms with Gasteiger partial charge in [-0.3, -0.25) is 0 Å². The van der Waals surface area contributed by atoms with Crippen molar-refractivity contribution in [2.24, 2.45) is 0 Å². The van der Waals surface area contributed by atoms with Crippen molar-refractivity contribution in [3.8, 4) is 11.5 Å². The third-order valence-corrected chi connectivity index (χ3v) is 4.01. The van der Waals surface area contributed by atoms with Crippen LogP contribution >= 0.6 is 0 Å². The number of unbranched alkanes of at least 4 members (excludes halogenated alkanes) is 3. The molecule has 2 aromatic rings. The van der Waals surface area contributed by atoms with Crippen LogP contribution in [0.5, 0.6) is 11.5 Å². The molecule has 24 heavy (non-hydrogen) atoms. The van der Waals surface area contributed by atoms with Crippen molar-refractivity contribution in [2.45, 2.75) is 45.7 Å². The summed E-state index contributed by atoms with van der Waals surface area (Å²) < 4.78 is 10.9. The zero-order valence-electron chi connectivity index (χ0n) is 14.9. The van der Waals surface area contributed by atoms with Crippen molar-refractivity contribution in [1.82, 2.24) is 5.32 Å². The average molecular weight is 327 g/mol. The van der Waals surface area contributed by atoms with Crippen molar-refractivity contribution in [1.29, 1.82) is 0 Å². The van der Waals surface area contributed by atoms with E-state index in [9.17, 15) is 0 Å². The van der Waals surface area contributed by atoms with Gasteiger partial charge >= 0.3 is 0 Å². The van der Waals surface area contributed by atoms with Crippen LogP contribution < -0.4 is 14.8 Å². The lowest BCUT2D eigenvalue weighted by atomic mass is 10.2. The summed E-state index contributed by atoms with van der Waals surface area (Å²) >= 11 is 0. The molecule has 2 rings (SSSR count). The maximum atomic E-state index is 5.77. The minimum atomic E-state index is 0.815. The Hall–Kier alpha value is -2.00. The second-order valence-corrected chi connectivity index (χ2v) is 6.00. The first-order chi connectivity index (χ1) is 11.8. The minimum absolute atomic E-state index is 0.815. The lowest BCUT2D eigenvalue weighted by Gasteiger charge is -2.08. The molecule has 0 aliphatic carbocycles. The molecule has 0 saturated carbocycles. The van der Waals surface area contributed by atoms with E-state index in [0.717, 1.165) is 37.6 Å². The molecule has 0 aliphatic heterocycles. The van der Waals surface area contributed by atoms with Crippen molar-refractivity contribution < 1.29 is 9.47 Å². The van der Waals surface area contributed by atoms with Crippen LogP contribution in [0.15, 0.2) is 48.5 Å². The molecular formula is C21H29NO2. The van der Waals surface area contributed by atoms with Crippen LogP contribution in [0.4, 0.5) is 0 Å². The molecule has 3 nitrogen and oxygen atoms in total. The van der Waals surface area contributed by atoms with Crippen molar-refractivity contribution in [2.75, 3.05) is 13.7 Å². The number of rotatable bonds is 11. The Morgan fingerprint density at radius 3 is 1.88 bits per heavy atom. The van der Waals surface area contributed by atoms with E-state index < -0.39 is 0 Å². The van der Waals surface area contributed by atoms with Crippen LogP contribution in [0.3, 0.4) is 0 Å². The smallest absolute Gasteiger partial charge is 0.119 e. The van der Waals surface area contributed by atoms with Crippen molar-refractivity contribution in [3.63, 3.8) is 0 Å². The molecule has 0 atom stereocenters. The van der Waals surface area contributed by atoms with Gasteiger partial charge in [0.05, 0.1) is 13.7 Å². The fourth-order valence-corrected chi connectivity index (χ4v) is 2.52. The van der Waals surface area contributed by atoms with Gasteiger partial charge in [-0.1, -0.05) is 50.5 Å². The normalized spacial score (nSPS) is 10.6. The Morgan fingerprint density at radius 2 is 1.33 bits per heavy atom. The quantitative estimate of drug-likeness (QED) is 0.593. The van der Waals surface area contributed by atoms with Crippen LogP contribution in [0.25, 0.3) is 0 Å². The summed E-state index contributed by atoms with van der Waals surface area (Å²) in [6.45, 7) is 4.74. The molecule has 3 heteroatoms. The van der Waals surface area contributed by atoms with Crippen molar-refractivity contribution >= 4 is 0 Å². The number of benzene rings is 2. The maximum absolute atomic E-state index is 5.77. The highest BCUT2D eigenvalue weighted by Gasteiger charge is 1.98. The molecule has 0 aromatic heterocycles. The summed E-state index contributed by atoms with van der Waals surface area (Å²) in [4.78, 5) is 0. The van der Waals surface area contributed by atoms with Gasteiger partial charge in [0.2, 0.25) is 0 Å². The van der Waals surface area contributed by atoms with E-state index in [1.807, 2.05) is 12.1 Å². The summed E-state index contributed by atoms with van der Waals surface area (Å²) in [5.74, 6) is 1.86. The summed E-state index contributed by atoms with van der Waals surface area (Å²) in [7, 11) is 1.69. The first-order valence-electron chi connectivity index (χ1n) is 8.87. The predicted molar refractivity (Wildman–Crippen MR) is 99.6 cm³/mol. The number of nitrogens with one attached hydrogen (secondary N) is 1. The van der Waals surface area contributed by atoms with E-state index in [-0.39, 0.29) is 0 Å². The lowest BCUT2D eigenvalue weighted by Crippen LogP contribution is -2.12. The average Bonchev–Trinajstić information content (AvgIpc) is 2.63. The van der Waals surface area contributed by atoms with Gasteiger partial charge < -0.3 is 14.8 Å². The molecule has 0 amide bonds. The largest absolute Gasteiger partial charge is 0.497 e. The zero-order valence-corrected chi connectivity index (χ0v) is 14.9. The minimum Gasteiger partial charge on any atom is -0.497 e. The first-order valence-corrected chi connectivity index (χ1v) is 8.87. The summed E-state index contributed by atoms with van der Waals surface area (Å²) in [5.41, 5.74) is 2.52. The monoisotopic (exact) mass is 327 g/mol. The Kier molecular flexibility index (Phi) is 8.19. The number of hydrogen-bond acceptors (Lipinski definition) is 3. The number of ether oxygens (including phenoxy) is 2. The molecule has 0 aliphatic rings. The molecule has 0 radical (unpaired) electrons. The Labute approximate surface area is 146 Å². The highest BCUT2D eigenvalue weighted by Crippen LogP contribution is 2.14. The van der Waals surface area contributed by atoms with Gasteiger partial charge in [-0.25, -0.2) is 0 Å². The van der Waals surface area contributed by atoms with Crippen LogP contribution in [0.2, 0.25) is 0 Å². The Balaban J connectivity index is 1.67. The molecule has 0 unspecified atom stereocenters. The molecule has 0 heterocycles. The topological polar surface area (TPSA) is 30.5 Å². The SMILES string of the molecule is CCCCCCOc1ccc(CNCc2ccc(OC)cc2)cc1. The highest BCUT2D eigenvalue weighted by atomic mass is 16.5. The molecule has 0 bridgehead atoms. The van der Waals surface area contributed by atoms with E-state index in [4.69, 9.17) is 9.47 Å². The summed E-state index contributed by atoms with van der Waals surface area (Å²) in [5, 5.41) is 3.46. The third kappa shape index (κ3) is 6.63. The molecule has 2 aromatic carbocycles. The highest BCUT2D eigenvalue weighted by molar-refractivity contribution is 5.28. The molecule has 0 saturated heterocycles. The number of hydrogen-bond donors (Lipinski definition) is 1. The van der Waals surface area contributed by atoms with Crippen LogP contribution in [0, 0.1) is 0 Å². The van der Waals surface area contributed by atoms with Gasteiger partial charge in [0.25, 0.3) is 0 Å². The molecule has 0 fully saturated rings. The Morgan fingerprint density at radius 1 is 0.750 bits per heavy atom. The summed E-state index contributed by atoms with van der Waals surface area (Å²) in [6, 6.07) is 16.5. The summed E-state index contributed by atoms with van der Waals surface area (Å²) in [6.07, 6.45) is 4.95. The Bertz CT molecular complexity index is 563. The molecule has 130 valence electrons. The fraction of sp³-hybridized carbons (Fsp3) is 0.429. The standard InChI is InChI=1S/C21H29NO2/c1-3-4-5-6-15-24-21-13-9-19(10-14-21)17-22-16-18-7-11-20(23-2)12-8-18/h7-14,22H,3-6,15-17H2,1-2H3. The van der Waals surface area contributed by atoms with Gasteiger partial charge in [-0.15, -0.1) is 0 Å². The second-order valence-electron chi connectivity index (χ2n) is 6.00. The van der Waals surface area contributed by atoms with Gasteiger partial charge in [0.1, 0.15) is 11.5 Å². The van der Waals surface area contributed by atoms with Crippen LogP contribution in [-0.4, -0.2) is 13.7 Å². The zero-order chi connectivity index (χ0) is 17.0. The van der Waals surface area contributed by atoms with Crippen LogP contribution in [-0.2, 0) is 13.1 Å². The predicted octanol–water partition coefficient (Wildman–Crippen LogP) is 4.94. The maximum Gasteiger partial charge on any atom is 0.119 e. The fourth-order valence-electron chi connectivity index (χ4n) is 2.52. The molecule has 1 N–H and O–H groups in total. The van der Waals surface area contributed by atoms with E-state index in [1.54, 1.807) is 7.11 Å². The van der Waals surface area contributed by atoms with E-state index in [1.165, 1.54) is 30.4 Å². The lowest BCUT2D eigenvalue weighted by molar-refractivity contribution is 0.305. The molecular weight excluding hydrogens is 298 g/mol. The second kappa shape index (κ2) is 10.7. The van der Waals surface area contributed by atoms with E-state index in [2.05, 4.69) is 48.6 Å². The number of methoxy groups -OCH3 is 1. The van der Waals surface area contributed by atoms with Crippen LogP contribution in [0.1, 0.15) is 43.7 Å². The van der Waals surface area contributed by atoms with Gasteiger partial charge in [-0.05, 0) is 41.8 Å². The van der Waals surface area contributed by atoms with Gasteiger partial charge in [0, 0.05) is 13.1 Å². The van der Waals surface area contributed by atoms with E-state index >= 15 is 0 Å². The molecule has 0 spiro atoms. The van der Waals surface area contributed by atoms with Gasteiger partial charge in [-0.2, -0.15) is 0 Å². The van der Waals surface area contributed by atoms with E-state index in [0.29, 0.717) is 0 Å². The van der Waals surface area contributed by atoms with Crippen molar-refractivity contribution in [3.05, 3.63) is 59.7 Å². The first kappa shape index (κ1) is 18.3.